The number of nitrogens with one attached hydrogen (secondary N) is 1. The topological polar surface area (TPSA) is 95.9 Å². The number of hydrogen-bond donors (Lipinski definition) is 2. The van der Waals surface area contributed by atoms with Gasteiger partial charge in [-0.15, -0.1) is 0 Å². The van der Waals surface area contributed by atoms with Crippen LogP contribution in [-0.2, 0) is 20.7 Å². The average molecular weight is 392 g/mol. The number of hydrogen-bond acceptors (Lipinski definition) is 4. The second-order valence-electron chi connectivity index (χ2n) is 8.04. The molecule has 0 bridgehead atoms. The number of benzene rings is 1. The van der Waals surface area contributed by atoms with Crippen molar-refractivity contribution in [3.8, 4) is 0 Å². The predicted molar refractivity (Wildman–Crippen MR) is 107 cm³/mol. The summed E-state index contributed by atoms with van der Waals surface area (Å²) < 4.78 is 5.23. The maximum atomic E-state index is 13.1. The van der Waals surface area contributed by atoms with Crippen LogP contribution in [0.15, 0.2) is 30.3 Å². The van der Waals surface area contributed by atoms with Crippen molar-refractivity contribution in [2.45, 2.75) is 52.1 Å². The number of carbonyl (C=O) groups excluding carboxylic acids is 2. The average Bonchev–Trinajstić information content (AvgIpc) is 2.65. The Morgan fingerprint density at radius 1 is 1.11 bits per heavy atom. The molecule has 0 aromatic heterocycles. The molecule has 0 heterocycles. The summed E-state index contributed by atoms with van der Waals surface area (Å²) in [6, 6.07) is 9.19. The number of carboxylic acids is 1. The molecule has 1 rings (SSSR count). The Bertz CT molecular complexity index is 669. The molecule has 0 saturated heterocycles. The first-order chi connectivity index (χ1) is 13.1. The first-order valence-corrected chi connectivity index (χ1v) is 9.43. The number of carbonyl (C=O) groups is 3. The number of ether oxygens (including phenoxy) is 1. The van der Waals surface area contributed by atoms with Crippen LogP contribution in [0.3, 0.4) is 0 Å². The van der Waals surface area contributed by atoms with Gasteiger partial charge in [-0.05, 0) is 36.7 Å². The first kappa shape index (κ1) is 23.6. The van der Waals surface area contributed by atoms with E-state index in [9.17, 15) is 19.5 Å². The lowest BCUT2D eigenvalue weighted by atomic mass is 9.91. The van der Waals surface area contributed by atoms with Crippen LogP contribution in [0.25, 0.3) is 0 Å². The van der Waals surface area contributed by atoms with Crippen LogP contribution in [0, 0.1) is 5.41 Å². The third-order valence-corrected chi connectivity index (χ3v) is 4.46. The molecule has 0 saturated carbocycles. The molecule has 0 aliphatic rings. The van der Waals surface area contributed by atoms with Gasteiger partial charge < -0.3 is 15.2 Å². The van der Waals surface area contributed by atoms with Gasteiger partial charge in [0.1, 0.15) is 0 Å². The smallest absolute Gasteiger partial charge is 0.345 e. The summed E-state index contributed by atoms with van der Waals surface area (Å²) in [6.45, 7) is 5.68. The van der Waals surface area contributed by atoms with Gasteiger partial charge in [-0.25, -0.2) is 9.59 Å². The molecule has 0 aliphatic carbocycles. The Hall–Kier alpha value is -2.41. The molecule has 0 radical (unpaired) electrons. The van der Waals surface area contributed by atoms with Gasteiger partial charge in [0, 0.05) is 20.7 Å². The Morgan fingerprint density at radius 2 is 1.71 bits per heavy atom. The monoisotopic (exact) mass is 392 g/mol. The van der Waals surface area contributed by atoms with Crippen LogP contribution in [0.4, 0.5) is 4.79 Å². The number of methoxy groups -OCH3 is 1. The summed E-state index contributed by atoms with van der Waals surface area (Å²) in [5.41, 5.74) is -1.34. The van der Waals surface area contributed by atoms with Crippen molar-refractivity contribution in [2.75, 3.05) is 20.7 Å². The molecule has 7 heteroatoms. The minimum atomic E-state index is -2.09. The number of urea groups is 1. The highest BCUT2D eigenvalue weighted by atomic mass is 16.5. The van der Waals surface area contributed by atoms with E-state index in [2.05, 4.69) is 5.32 Å². The van der Waals surface area contributed by atoms with E-state index in [1.165, 1.54) is 14.2 Å². The summed E-state index contributed by atoms with van der Waals surface area (Å²) in [5, 5.41) is 12.2. The summed E-state index contributed by atoms with van der Waals surface area (Å²) in [7, 11) is 2.60. The van der Waals surface area contributed by atoms with Crippen molar-refractivity contribution in [2.24, 2.45) is 5.41 Å². The maximum absolute atomic E-state index is 13.1. The van der Waals surface area contributed by atoms with Gasteiger partial charge in [-0.3, -0.25) is 9.69 Å². The Balaban J connectivity index is 2.97. The largest absolute Gasteiger partial charge is 0.479 e. The van der Waals surface area contributed by atoms with Crippen LogP contribution < -0.4 is 5.32 Å². The molecule has 1 atom stereocenters. The van der Waals surface area contributed by atoms with Crippen molar-refractivity contribution >= 4 is 17.9 Å². The highest BCUT2D eigenvalue weighted by Gasteiger charge is 2.50. The summed E-state index contributed by atoms with van der Waals surface area (Å²) in [4.78, 5) is 38.4. The van der Waals surface area contributed by atoms with E-state index in [-0.39, 0.29) is 13.0 Å². The van der Waals surface area contributed by atoms with Gasteiger partial charge in [-0.1, -0.05) is 51.1 Å². The number of amides is 3. The molecule has 28 heavy (non-hydrogen) atoms. The molecule has 1 aromatic rings. The van der Waals surface area contributed by atoms with Gasteiger partial charge in [0.05, 0.1) is 0 Å². The molecule has 0 unspecified atom stereocenters. The zero-order chi connectivity index (χ0) is 21.4. The van der Waals surface area contributed by atoms with E-state index in [0.717, 1.165) is 16.9 Å². The third kappa shape index (κ3) is 6.34. The molecule has 0 aliphatic heterocycles. The van der Waals surface area contributed by atoms with Gasteiger partial charge in [-0.2, -0.15) is 0 Å². The van der Waals surface area contributed by atoms with Crippen molar-refractivity contribution in [1.29, 1.82) is 0 Å². The molecular weight excluding hydrogens is 360 g/mol. The molecule has 1 aromatic carbocycles. The van der Waals surface area contributed by atoms with E-state index in [4.69, 9.17) is 4.74 Å². The molecule has 7 nitrogen and oxygen atoms in total. The lowest BCUT2D eigenvalue weighted by Gasteiger charge is -2.35. The van der Waals surface area contributed by atoms with E-state index in [1.54, 1.807) is 0 Å². The van der Waals surface area contributed by atoms with Crippen LogP contribution in [0.5, 0.6) is 0 Å². The minimum absolute atomic E-state index is 0.0118. The first-order valence-electron chi connectivity index (χ1n) is 9.43. The van der Waals surface area contributed by atoms with E-state index in [1.807, 2.05) is 51.1 Å². The zero-order valence-corrected chi connectivity index (χ0v) is 17.4. The lowest BCUT2D eigenvalue weighted by Crippen LogP contribution is -2.59. The van der Waals surface area contributed by atoms with Crippen molar-refractivity contribution in [3.05, 3.63) is 35.9 Å². The van der Waals surface area contributed by atoms with Crippen molar-refractivity contribution < 1.29 is 24.2 Å². The van der Waals surface area contributed by atoms with E-state index in [0.29, 0.717) is 12.8 Å². The number of imide groups is 1. The molecular formula is C21H32N2O5. The second-order valence-corrected chi connectivity index (χ2v) is 8.04. The predicted octanol–water partition coefficient (Wildman–Crippen LogP) is 3.08. The molecule has 2 N–H and O–H groups in total. The van der Waals surface area contributed by atoms with E-state index >= 15 is 0 Å². The number of aryl methyl sites for hydroxylation is 1. The van der Waals surface area contributed by atoms with Gasteiger partial charge in [0.2, 0.25) is 5.60 Å². The SMILES string of the molecule is CNC(=O)N(CC(C)(C)C)C(=O)[C@](CCCCc1ccccc1)(OC)C(=O)O. The maximum Gasteiger partial charge on any atom is 0.345 e. The summed E-state index contributed by atoms with van der Waals surface area (Å²) >= 11 is 0. The van der Waals surface area contributed by atoms with E-state index < -0.39 is 28.9 Å². The van der Waals surface area contributed by atoms with Gasteiger partial charge >= 0.3 is 12.0 Å². The highest BCUT2D eigenvalue weighted by molar-refractivity contribution is 6.10. The van der Waals surface area contributed by atoms with Crippen molar-refractivity contribution in [3.63, 3.8) is 0 Å². The van der Waals surface area contributed by atoms with Gasteiger partial charge in [0.15, 0.2) is 0 Å². The fourth-order valence-electron chi connectivity index (χ4n) is 2.99. The number of nitrogens with zero attached hydrogens (tertiary/aromatic N) is 1. The third-order valence-electron chi connectivity index (χ3n) is 4.46. The van der Waals surface area contributed by atoms with Crippen LogP contribution in [0.2, 0.25) is 0 Å². The Morgan fingerprint density at radius 3 is 2.18 bits per heavy atom. The molecule has 0 spiro atoms. The van der Waals surface area contributed by atoms with Crippen LogP contribution in [-0.4, -0.2) is 54.2 Å². The fourth-order valence-corrected chi connectivity index (χ4v) is 2.99. The Labute approximate surface area is 167 Å². The molecule has 3 amide bonds. The standard InChI is InChI=1S/C21H32N2O5/c1-20(2,3)15-23(19(27)22-4)17(24)21(28-5,18(25)26)14-10-9-13-16-11-7-6-8-12-16/h6-8,11-12H,9-10,13-15H2,1-5H3,(H,22,27)(H,25,26)/t21-/m0/s1. The highest BCUT2D eigenvalue weighted by Crippen LogP contribution is 2.26. The normalized spacial score (nSPS) is 13.5. The summed E-state index contributed by atoms with van der Waals surface area (Å²) in [6.07, 6.45) is 1.94. The zero-order valence-electron chi connectivity index (χ0n) is 17.4. The number of unbranched alkanes of at least 4 members (excludes halogenated alkanes) is 1. The lowest BCUT2D eigenvalue weighted by molar-refractivity contribution is -0.175. The second kappa shape index (κ2) is 10.2. The van der Waals surface area contributed by atoms with Crippen molar-refractivity contribution in [1.82, 2.24) is 10.2 Å². The number of carboxylic acid groups (broad SMARTS) is 1. The quantitative estimate of drug-likeness (QED) is 0.497. The fraction of sp³-hybridized carbons (Fsp3) is 0.571. The van der Waals surface area contributed by atoms with Crippen LogP contribution >= 0.6 is 0 Å². The minimum Gasteiger partial charge on any atom is -0.479 e. The number of aliphatic carboxylic acids is 1. The number of rotatable bonds is 9. The van der Waals surface area contributed by atoms with Gasteiger partial charge in [0.25, 0.3) is 5.91 Å². The Kier molecular flexibility index (Phi) is 8.63. The summed E-state index contributed by atoms with van der Waals surface area (Å²) in [5.74, 6) is -2.24. The van der Waals surface area contributed by atoms with Crippen LogP contribution in [0.1, 0.15) is 45.6 Å². The molecule has 156 valence electrons. The molecule has 0 fully saturated rings.